The first-order chi connectivity index (χ1) is 10.6. The third kappa shape index (κ3) is 2.81. The fourth-order valence-electron chi connectivity index (χ4n) is 2.71. The summed E-state index contributed by atoms with van der Waals surface area (Å²) < 4.78 is 17.9. The summed E-state index contributed by atoms with van der Waals surface area (Å²) >= 11 is 0. The molecule has 0 bridgehead atoms. The van der Waals surface area contributed by atoms with Crippen molar-refractivity contribution in [2.24, 2.45) is 11.8 Å². The largest absolute Gasteiger partial charge is 0.469 e. The number of halogens is 1. The van der Waals surface area contributed by atoms with Crippen LogP contribution in [0, 0.1) is 17.7 Å². The van der Waals surface area contributed by atoms with Crippen LogP contribution in [0.3, 0.4) is 0 Å². The predicted octanol–water partition coefficient (Wildman–Crippen LogP) is 1.77. The van der Waals surface area contributed by atoms with E-state index in [-0.39, 0.29) is 29.5 Å². The Labute approximate surface area is 126 Å². The summed E-state index contributed by atoms with van der Waals surface area (Å²) in [7, 11) is 1.33. The maximum Gasteiger partial charge on any atom is 0.309 e. The SMILES string of the molecule is COC(=O)[C@@H]1C[C@H]1C(=O)NCCc1c[nH]c2ccc(F)cc12. The van der Waals surface area contributed by atoms with E-state index in [9.17, 15) is 14.0 Å². The topological polar surface area (TPSA) is 71.2 Å². The molecule has 1 saturated carbocycles. The maximum absolute atomic E-state index is 13.3. The number of amides is 1. The van der Waals surface area contributed by atoms with Gasteiger partial charge in [-0.05, 0) is 36.6 Å². The first-order valence-electron chi connectivity index (χ1n) is 7.21. The highest BCUT2D eigenvalue weighted by Gasteiger charge is 2.48. The molecule has 0 unspecified atom stereocenters. The molecule has 0 spiro atoms. The second kappa shape index (κ2) is 5.79. The second-order valence-corrected chi connectivity index (χ2v) is 5.52. The molecule has 1 fully saturated rings. The highest BCUT2D eigenvalue weighted by molar-refractivity contribution is 5.90. The summed E-state index contributed by atoms with van der Waals surface area (Å²) in [5.74, 6) is -1.30. The lowest BCUT2D eigenvalue weighted by molar-refractivity contribution is -0.143. The molecular formula is C16H17FN2O3. The van der Waals surface area contributed by atoms with Crippen molar-refractivity contribution in [3.8, 4) is 0 Å². The Morgan fingerprint density at radius 3 is 3.00 bits per heavy atom. The standard InChI is InChI=1S/C16H17FN2O3/c1-22-16(21)13-7-12(13)15(20)18-5-4-9-8-19-14-3-2-10(17)6-11(9)14/h2-3,6,8,12-13,19H,4-5,7H2,1H3,(H,18,20)/t12-,13-/m1/s1. The smallest absolute Gasteiger partial charge is 0.309 e. The number of aromatic amines is 1. The number of aromatic nitrogens is 1. The molecule has 116 valence electrons. The van der Waals surface area contributed by atoms with Gasteiger partial charge in [-0.2, -0.15) is 0 Å². The van der Waals surface area contributed by atoms with Gasteiger partial charge in [-0.25, -0.2) is 4.39 Å². The predicted molar refractivity (Wildman–Crippen MR) is 78.6 cm³/mol. The Kier molecular flexibility index (Phi) is 3.83. The second-order valence-electron chi connectivity index (χ2n) is 5.52. The minimum absolute atomic E-state index is 0.124. The lowest BCUT2D eigenvalue weighted by Gasteiger charge is -2.04. The average molecular weight is 304 g/mol. The van der Waals surface area contributed by atoms with E-state index in [1.807, 2.05) is 6.20 Å². The summed E-state index contributed by atoms with van der Waals surface area (Å²) in [6.45, 7) is 0.451. The van der Waals surface area contributed by atoms with Gasteiger partial charge in [-0.15, -0.1) is 0 Å². The highest BCUT2D eigenvalue weighted by atomic mass is 19.1. The number of benzene rings is 1. The number of ether oxygens (including phenoxy) is 1. The third-order valence-electron chi connectivity index (χ3n) is 4.05. The van der Waals surface area contributed by atoms with Gasteiger partial charge in [-0.1, -0.05) is 0 Å². The zero-order valence-electron chi connectivity index (χ0n) is 12.2. The van der Waals surface area contributed by atoms with Crippen molar-refractivity contribution in [1.82, 2.24) is 10.3 Å². The van der Waals surface area contributed by atoms with Gasteiger partial charge >= 0.3 is 5.97 Å². The molecule has 0 saturated heterocycles. The van der Waals surface area contributed by atoms with Crippen molar-refractivity contribution in [2.45, 2.75) is 12.8 Å². The molecule has 0 aliphatic heterocycles. The minimum Gasteiger partial charge on any atom is -0.469 e. The van der Waals surface area contributed by atoms with Gasteiger partial charge in [0.25, 0.3) is 0 Å². The normalized spacial score (nSPS) is 19.9. The van der Waals surface area contributed by atoms with E-state index in [1.54, 1.807) is 6.07 Å². The fraction of sp³-hybridized carbons (Fsp3) is 0.375. The van der Waals surface area contributed by atoms with Crippen LogP contribution in [0.2, 0.25) is 0 Å². The summed E-state index contributed by atoms with van der Waals surface area (Å²) in [6, 6.07) is 4.58. The highest BCUT2D eigenvalue weighted by Crippen LogP contribution is 2.39. The molecule has 22 heavy (non-hydrogen) atoms. The molecule has 0 radical (unpaired) electrons. The van der Waals surface area contributed by atoms with Crippen LogP contribution >= 0.6 is 0 Å². The number of carbonyl (C=O) groups excluding carboxylic acids is 2. The van der Waals surface area contributed by atoms with Crippen molar-refractivity contribution >= 4 is 22.8 Å². The van der Waals surface area contributed by atoms with Gasteiger partial charge in [0, 0.05) is 23.6 Å². The van der Waals surface area contributed by atoms with Gasteiger partial charge in [0.2, 0.25) is 5.91 Å². The van der Waals surface area contributed by atoms with Crippen molar-refractivity contribution in [3.63, 3.8) is 0 Å². The molecule has 1 heterocycles. The molecule has 1 aromatic heterocycles. The average Bonchev–Trinajstić information content (AvgIpc) is 3.23. The number of carbonyl (C=O) groups is 2. The Bertz CT molecular complexity index is 725. The Balaban J connectivity index is 1.54. The number of fused-ring (bicyclic) bond motifs is 1. The van der Waals surface area contributed by atoms with Crippen LogP contribution in [0.4, 0.5) is 4.39 Å². The van der Waals surface area contributed by atoms with Crippen LogP contribution in [0.25, 0.3) is 10.9 Å². The van der Waals surface area contributed by atoms with E-state index in [4.69, 9.17) is 0 Å². The van der Waals surface area contributed by atoms with E-state index in [1.165, 1.54) is 19.2 Å². The quantitative estimate of drug-likeness (QED) is 0.827. The lowest BCUT2D eigenvalue weighted by atomic mass is 10.1. The Morgan fingerprint density at radius 1 is 1.41 bits per heavy atom. The number of H-pyrrole nitrogens is 1. The maximum atomic E-state index is 13.3. The number of methoxy groups -OCH3 is 1. The van der Waals surface area contributed by atoms with Crippen LogP contribution in [0.5, 0.6) is 0 Å². The molecular weight excluding hydrogens is 287 g/mol. The van der Waals surface area contributed by atoms with E-state index in [0.29, 0.717) is 19.4 Å². The Morgan fingerprint density at radius 2 is 2.23 bits per heavy atom. The summed E-state index contributed by atoms with van der Waals surface area (Å²) in [5, 5.41) is 3.64. The monoisotopic (exact) mass is 304 g/mol. The summed E-state index contributed by atoms with van der Waals surface area (Å²) in [6.07, 6.45) is 2.98. The van der Waals surface area contributed by atoms with E-state index < -0.39 is 0 Å². The minimum atomic E-state index is -0.327. The zero-order chi connectivity index (χ0) is 15.7. The van der Waals surface area contributed by atoms with Gasteiger partial charge in [0.05, 0.1) is 18.9 Å². The number of hydrogen-bond acceptors (Lipinski definition) is 3. The molecule has 2 atom stereocenters. The van der Waals surface area contributed by atoms with E-state index in [2.05, 4.69) is 15.0 Å². The zero-order valence-corrected chi connectivity index (χ0v) is 12.2. The fourth-order valence-corrected chi connectivity index (χ4v) is 2.71. The first-order valence-corrected chi connectivity index (χ1v) is 7.21. The molecule has 2 N–H and O–H groups in total. The van der Waals surface area contributed by atoms with Gasteiger partial charge in [-0.3, -0.25) is 9.59 Å². The molecule has 1 aromatic carbocycles. The molecule has 2 aromatic rings. The van der Waals surface area contributed by atoms with Crippen LogP contribution in [0.15, 0.2) is 24.4 Å². The van der Waals surface area contributed by atoms with Crippen molar-refractivity contribution in [3.05, 3.63) is 35.8 Å². The van der Waals surface area contributed by atoms with Crippen molar-refractivity contribution in [2.75, 3.05) is 13.7 Å². The third-order valence-corrected chi connectivity index (χ3v) is 4.05. The van der Waals surface area contributed by atoms with Crippen LogP contribution in [-0.2, 0) is 20.7 Å². The molecule has 6 heteroatoms. The molecule has 5 nitrogen and oxygen atoms in total. The lowest BCUT2D eigenvalue weighted by Crippen LogP contribution is -2.28. The van der Waals surface area contributed by atoms with E-state index >= 15 is 0 Å². The van der Waals surface area contributed by atoms with Crippen LogP contribution < -0.4 is 5.32 Å². The van der Waals surface area contributed by atoms with Gasteiger partial charge in [0.15, 0.2) is 0 Å². The molecule has 1 aliphatic rings. The van der Waals surface area contributed by atoms with Crippen LogP contribution in [0.1, 0.15) is 12.0 Å². The van der Waals surface area contributed by atoms with Crippen molar-refractivity contribution in [1.29, 1.82) is 0 Å². The molecule has 1 amide bonds. The van der Waals surface area contributed by atoms with E-state index in [0.717, 1.165) is 16.5 Å². The van der Waals surface area contributed by atoms with Crippen molar-refractivity contribution < 1.29 is 18.7 Å². The van der Waals surface area contributed by atoms with Gasteiger partial charge in [0.1, 0.15) is 5.82 Å². The Hall–Kier alpha value is -2.37. The first kappa shape index (κ1) is 14.6. The summed E-state index contributed by atoms with van der Waals surface area (Å²) in [5.41, 5.74) is 1.82. The van der Waals surface area contributed by atoms with Gasteiger partial charge < -0.3 is 15.0 Å². The number of rotatable bonds is 5. The number of hydrogen-bond donors (Lipinski definition) is 2. The number of nitrogens with one attached hydrogen (secondary N) is 2. The van der Waals surface area contributed by atoms with Crippen LogP contribution in [-0.4, -0.2) is 30.5 Å². The summed E-state index contributed by atoms with van der Waals surface area (Å²) in [4.78, 5) is 26.3. The molecule has 1 aliphatic carbocycles. The number of esters is 1. The molecule has 3 rings (SSSR count).